The second kappa shape index (κ2) is 50.5. The van der Waals surface area contributed by atoms with Crippen molar-refractivity contribution < 1.29 is 28.6 Å². The monoisotopic (exact) mass is 859 g/mol. The molecule has 0 amide bonds. The lowest BCUT2D eigenvalue weighted by Crippen LogP contribution is -2.30. The van der Waals surface area contributed by atoms with Gasteiger partial charge in [-0.1, -0.05) is 244 Å². The van der Waals surface area contributed by atoms with Gasteiger partial charge in [0.15, 0.2) is 6.10 Å². The minimum Gasteiger partial charge on any atom is -0.462 e. The quantitative estimate of drug-likeness (QED) is 0.0262. The van der Waals surface area contributed by atoms with Gasteiger partial charge in [-0.05, 0) is 51.4 Å². The molecule has 0 fully saturated rings. The summed E-state index contributed by atoms with van der Waals surface area (Å²) in [7, 11) is 0. The van der Waals surface area contributed by atoms with Crippen LogP contribution >= 0.6 is 0 Å². The van der Waals surface area contributed by atoms with Gasteiger partial charge in [-0.25, -0.2) is 0 Å². The van der Waals surface area contributed by atoms with Crippen LogP contribution in [-0.4, -0.2) is 37.2 Å². The van der Waals surface area contributed by atoms with Crippen molar-refractivity contribution in [1.82, 2.24) is 0 Å². The van der Waals surface area contributed by atoms with E-state index in [1.807, 2.05) is 0 Å². The van der Waals surface area contributed by atoms with Crippen LogP contribution in [0.25, 0.3) is 0 Å². The average molecular weight is 859 g/mol. The standard InChI is InChI=1S/C55H102O6/c1-4-7-10-13-16-19-22-25-26-27-28-31-34-37-40-43-46-49-55(58)61-52(50-59-53(56)47-44-41-38-35-32-29-23-20-17-14-11-8-5-2)51-60-54(57)48-45-42-39-36-33-30-24-21-18-15-12-9-6-3/h16,19,25-26,52H,4-15,17-18,20-24,27-51H2,1-3H3/b19-16-,26-25-. The largest absolute Gasteiger partial charge is 0.462 e. The Morgan fingerprint density at radius 3 is 0.934 bits per heavy atom. The number of hydrogen-bond donors (Lipinski definition) is 0. The van der Waals surface area contributed by atoms with Crippen molar-refractivity contribution in [3.8, 4) is 0 Å². The SMILES string of the molecule is CCCCC/C=C\C/C=C\CCCCCCCCCC(=O)OC(COC(=O)CCCCCCCCCCCCCCC)COC(=O)CCCCCCCCCCCCCCC. The van der Waals surface area contributed by atoms with E-state index in [4.69, 9.17) is 14.2 Å². The molecular formula is C55H102O6. The predicted octanol–water partition coefficient (Wildman–Crippen LogP) is 17.5. The molecule has 0 radical (unpaired) electrons. The van der Waals surface area contributed by atoms with Gasteiger partial charge < -0.3 is 14.2 Å². The molecule has 0 atom stereocenters. The van der Waals surface area contributed by atoms with Crippen molar-refractivity contribution >= 4 is 17.9 Å². The summed E-state index contributed by atoms with van der Waals surface area (Å²) < 4.78 is 16.8. The molecule has 0 aliphatic rings. The lowest BCUT2D eigenvalue weighted by atomic mass is 10.0. The first kappa shape index (κ1) is 58.9. The molecule has 358 valence electrons. The van der Waals surface area contributed by atoms with Crippen molar-refractivity contribution in [1.29, 1.82) is 0 Å². The zero-order chi connectivity index (χ0) is 44.4. The lowest BCUT2D eigenvalue weighted by molar-refractivity contribution is -0.167. The Balaban J connectivity index is 4.34. The minimum absolute atomic E-state index is 0.0695. The van der Waals surface area contributed by atoms with Crippen LogP contribution in [0.2, 0.25) is 0 Å². The van der Waals surface area contributed by atoms with Gasteiger partial charge in [0.1, 0.15) is 13.2 Å². The Bertz CT molecular complexity index is 943. The highest BCUT2D eigenvalue weighted by Gasteiger charge is 2.19. The molecule has 0 unspecified atom stereocenters. The predicted molar refractivity (Wildman–Crippen MR) is 261 cm³/mol. The van der Waals surface area contributed by atoms with E-state index < -0.39 is 6.10 Å². The molecule has 0 N–H and O–H groups in total. The highest BCUT2D eigenvalue weighted by Crippen LogP contribution is 2.16. The first-order valence-electron chi connectivity index (χ1n) is 26.8. The Kier molecular flexibility index (Phi) is 48.8. The van der Waals surface area contributed by atoms with Crippen LogP contribution in [0.15, 0.2) is 24.3 Å². The van der Waals surface area contributed by atoms with Crippen LogP contribution in [0.3, 0.4) is 0 Å². The molecule has 0 heterocycles. The van der Waals surface area contributed by atoms with Crippen LogP contribution in [0.5, 0.6) is 0 Å². The molecular weight excluding hydrogens is 757 g/mol. The lowest BCUT2D eigenvalue weighted by Gasteiger charge is -2.18. The number of allylic oxidation sites excluding steroid dienone is 4. The highest BCUT2D eigenvalue weighted by molar-refractivity contribution is 5.71. The van der Waals surface area contributed by atoms with Crippen molar-refractivity contribution in [3.05, 3.63) is 24.3 Å². The third-order valence-electron chi connectivity index (χ3n) is 12.0. The minimum atomic E-state index is -0.769. The van der Waals surface area contributed by atoms with E-state index in [9.17, 15) is 14.4 Å². The number of unbranched alkanes of at least 4 members (excludes halogenated alkanes) is 34. The molecule has 0 saturated carbocycles. The Morgan fingerprint density at radius 2 is 0.590 bits per heavy atom. The summed E-state index contributed by atoms with van der Waals surface area (Å²) in [6, 6.07) is 0. The Morgan fingerprint density at radius 1 is 0.328 bits per heavy atom. The number of rotatable bonds is 49. The number of esters is 3. The number of ether oxygens (including phenoxy) is 3. The summed E-state index contributed by atoms with van der Waals surface area (Å²) in [5.74, 6) is -0.861. The average Bonchev–Trinajstić information content (AvgIpc) is 3.26. The molecule has 0 aromatic carbocycles. The molecule has 0 saturated heterocycles. The Hall–Kier alpha value is -2.11. The summed E-state index contributed by atoms with van der Waals surface area (Å²) in [5, 5.41) is 0. The molecule has 0 aromatic rings. The highest BCUT2D eigenvalue weighted by atomic mass is 16.6. The summed E-state index contributed by atoms with van der Waals surface area (Å²) in [6.07, 6.45) is 57.2. The third kappa shape index (κ3) is 48.8. The molecule has 0 aliphatic heterocycles. The van der Waals surface area contributed by atoms with Gasteiger partial charge in [-0.3, -0.25) is 14.4 Å². The van der Waals surface area contributed by atoms with Crippen LogP contribution < -0.4 is 0 Å². The van der Waals surface area contributed by atoms with Crippen LogP contribution in [0.4, 0.5) is 0 Å². The van der Waals surface area contributed by atoms with Gasteiger partial charge in [0, 0.05) is 19.3 Å². The molecule has 61 heavy (non-hydrogen) atoms. The number of carbonyl (C=O) groups is 3. The van der Waals surface area contributed by atoms with E-state index in [0.717, 1.165) is 70.6 Å². The van der Waals surface area contributed by atoms with Crippen LogP contribution in [0, 0.1) is 0 Å². The topological polar surface area (TPSA) is 78.9 Å². The van der Waals surface area contributed by atoms with E-state index in [-0.39, 0.29) is 31.1 Å². The van der Waals surface area contributed by atoms with Crippen molar-refractivity contribution in [2.24, 2.45) is 0 Å². The van der Waals surface area contributed by atoms with Crippen molar-refractivity contribution in [2.75, 3.05) is 13.2 Å². The summed E-state index contributed by atoms with van der Waals surface area (Å²) in [6.45, 7) is 6.64. The normalized spacial score (nSPS) is 11.7. The van der Waals surface area contributed by atoms with E-state index in [0.29, 0.717) is 19.3 Å². The molecule has 0 rings (SSSR count). The number of hydrogen-bond acceptors (Lipinski definition) is 6. The third-order valence-corrected chi connectivity index (χ3v) is 12.0. The van der Waals surface area contributed by atoms with E-state index in [2.05, 4.69) is 45.1 Å². The van der Waals surface area contributed by atoms with Gasteiger partial charge >= 0.3 is 17.9 Å². The fraction of sp³-hybridized carbons (Fsp3) is 0.873. The van der Waals surface area contributed by atoms with Crippen LogP contribution in [0.1, 0.15) is 290 Å². The second-order valence-electron chi connectivity index (χ2n) is 18.2. The number of carbonyl (C=O) groups excluding carboxylic acids is 3. The smallest absolute Gasteiger partial charge is 0.306 e. The molecule has 0 spiro atoms. The van der Waals surface area contributed by atoms with Gasteiger partial charge in [0.2, 0.25) is 0 Å². The zero-order valence-corrected chi connectivity index (χ0v) is 40.9. The van der Waals surface area contributed by atoms with E-state index >= 15 is 0 Å². The zero-order valence-electron chi connectivity index (χ0n) is 40.9. The molecule has 0 bridgehead atoms. The maximum Gasteiger partial charge on any atom is 0.306 e. The first-order valence-corrected chi connectivity index (χ1v) is 26.8. The fourth-order valence-corrected chi connectivity index (χ4v) is 7.89. The van der Waals surface area contributed by atoms with Crippen molar-refractivity contribution in [2.45, 2.75) is 297 Å². The van der Waals surface area contributed by atoms with Gasteiger partial charge in [0.25, 0.3) is 0 Å². The maximum atomic E-state index is 12.8. The summed E-state index contributed by atoms with van der Waals surface area (Å²) in [5.41, 5.74) is 0. The summed E-state index contributed by atoms with van der Waals surface area (Å²) in [4.78, 5) is 38.0. The van der Waals surface area contributed by atoms with Crippen LogP contribution in [-0.2, 0) is 28.6 Å². The van der Waals surface area contributed by atoms with E-state index in [1.165, 1.54) is 180 Å². The van der Waals surface area contributed by atoms with Gasteiger partial charge in [-0.15, -0.1) is 0 Å². The van der Waals surface area contributed by atoms with Gasteiger partial charge in [-0.2, -0.15) is 0 Å². The van der Waals surface area contributed by atoms with Gasteiger partial charge in [0.05, 0.1) is 0 Å². The Labute approximate surface area is 379 Å². The fourth-order valence-electron chi connectivity index (χ4n) is 7.89. The summed E-state index contributed by atoms with van der Waals surface area (Å²) >= 11 is 0. The molecule has 6 heteroatoms. The molecule has 6 nitrogen and oxygen atoms in total. The maximum absolute atomic E-state index is 12.8. The first-order chi connectivity index (χ1) is 30.0. The van der Waals surface area contributed by atoms with Crippen molar-refractivity contribution in [3.63, 3.8) is 0 Å². The van der Waals surface area contributed by atoms with E-state index in [1.54, 1.807) is 0 Å². The molecule has 0 aliphatic carbocycles. The second-order valence-corrected chi connectivity index (χ2v) is 18.2. The molecule has 0 aromatic heterocycles.